The largest absolute Gasteiger partial charge is 0.497 e. The molecule has 0 spiro atoms. The summed E-state index contributed by atoms with van der Waals surface area (Å²) in [6.07, 6.45) is 3.72. The number of hydrogen-bond acceptors (Lipinski definition) is 6. The molecule has 198 valence electrons. The molecule has 0 saturated carbocycles. The molecule has 0 aliphatic carbocycles. The van der Waals surface area contributed by atoms with Crippen LogP contribution in [0.1, 0.15) is 49.7 Å². The van der Waals surface area contributed by atoms with E-state index in [0.717, 1.165) is 70.1 Å². The van der Waals surface area contributed by atoms with Gasteiger partial charge in [0.15, 0.2) is 11.5 Å². The Morgan fingerprint density at radius 2 is 1.62 bits per heavy atom. The number of H-pyrrole nitrogens is 1. The van der Waals surface area contributed by atoms with Crippen LogP contribution in [-0.2, 0) is 24.0 Å². The zero-order valence-electron chi connectivity index (χ0n) is 21.7. The molecule has 0 aliphatic heterocycles. The Morgan fingerprint density at radius 3 is 2.27 bits per heavy atom. The van der Waals surface area contributed by atoms with Crippen molar-refractivity contribution in [2.75, 3.05) is 35.0 Å². The van der Waals surface area contributed by atoms with E-state index in [9.17, 15) is 4.79 Å². The number of rotatable bonds is 11. The first-order valence-corrected chi connectivity index (χ1v) is 12.3. The van der Waals surface area contributed by atoms with Crippen LogP contribution in [-0.4, -0.2) is 45.0 Å². The van der Waals surface area contributed by atoms with Crippen molar-refractivity contribution in [3.63, 3.8) is 0 Å². The molecule has 0 fully saturated rings. The first-order chi connectivity index (χ1) is 17.5. The first kappa shape index (κ1) is 28.0. The van der Waals surface area contributed by atoms with Crippen LogP contribution in [0.3, 0.4) is 0 Å². The number of nitrogens with zero attached hydrogens (tertiary/aromatic N) is 1. The summed E-state index contributed by atoms with van der Waals surface area (Å²) < 4.78 is 21.8. The van der Waals surface area contributed by atoms with E-state index in [1.165, 1.54) is 0 Å². The number of aromatic nitrogens is 2. The molecule has 2 aromatic carbocycles. The summed E-state index contributed by atoms with van der Waals surface area (Å²) in [4.78, 5) is 21.5. The van der Waals surface area contributed by atoms with Crippen LogP contribution in [0, 0.1) is 0 Å². The second-order valence-corrected chi connectivity index (χ2v) is 8.84. The van der Waals surface area contributed by atoms with Crippen LogP contribution < -0.4 is 19.8 Å². The highest BCUT2D eigenvalue weighted by molar-refractivity contribution is 5.91. The van der Waals surface area contributed by atoms with Crippen LogP contribution in [0.15, 0.2) is 41.2 Å². The van der Waals surface area contributed by atoms with Gasteiger partial charge in [0.1, 0.15) is 5.75 Å². The van der Waals surface area contributed by atoms with Crippen LogP contribution in [0.5, 0.6) is 17.2 Å². The van der Waals surface area contributed by atoms with Crippen molar-refractivity contribution < 1.29 is 18.9 Å². The van der Waals surface area contributed by atoms with Gasteiger partial charge in [0.2, 0.25) is 0 Å². The van der Waals surface area contributed by atoms with E-state index < -0.39 is 0 Å². The molecular formula is C30H38N2O5. The maximum Gasteiger partial charge on any atom is 0.252 e. The number of benzene rings is 2. The van der Waals surface area contributed by atoms with Gasteiger partial charge in [-0.2, -0.15) is 0 Å². The molecule has 2 heterocycles. The van der Waals surface area contributed by atoms with Gasteiger partial charge in [-0.25, -0.2) is 0 Å². The van der Waals surface area contributed by atoms with Crippen molar-refractivity contribution in [1.82, 2.24) is 9.97 Å². The topological polar surface area (TPSA) is 82.7 Å². The minimum atomic E-state index is -0.0910. The summed E-state index contributed by atoms with van der Waals surface area (Å²) in [5.41, 5.74) is 4.38. The summed E-state index contributed by atoms with van der Waals surface area (Å²) in [5, 5.41) is 2.82. The average Bonchev–Trinajstić information content (AvgIpc) is 2.90. The van der Waals surface area contributed by atoms with Crippen molar-refractivity contribution in [2.24, 2.45) is 0 Å². The second kappa shape index (κ2) is 12.6. The van der Waals surface area contributed by atoms with Gasteiger partial charge in [-0.1, -0.05) is 20.8 Å². The third-order valence-electron chi connectivity index (χ3n) is 6.53. The summed E-state index contributed by atoms with van der Waals surface area (Å²) >= 11 is 0. The third-order valence-corrected chi connectivity index (χ3v) is 6.53. The van der Waals surface area contributed by atoms with E-state index in [-0.39, 0.29) is 13.0 Å². The fraction of sp³-hybridized carbons (Fsp3) is 0.400. The molecule has 7 heteroatoms. The molecular weight excluding hydrogens is 468 g/mol. The smallest absolute Gasteiger partial charge is 0.252 e. The van der Waals surface area contributed by atoms with Gasteiger partial charge in [-0.05, 0) is 66.6 Å². The maximum atomic E-state index is 13.4. The Morgan fingerprint density at radius 1 is 0.892 bits per heavy atom. The summed E-state index contributed by atoms with van der Waals surface area (Å²) in [6, 6.07) is 11.9. The monoisotopic (exact) mass is 506 g/mol. The van der Waals surface area contributed by atoms with E-state index in [0.29, 0.717) is 30.1 Å². The molecule has 7 nitrogen and oxygen atoms in total. The fourth-order valence-electron chi connectivity index (χ4n) is 4.71. The van der Waals surface area contributed by atoms with E-state index in [1.54, 1.807) is 28.4 Å². The average molecular weight is 507 g/mol. The molecule has 2 aromatic heterocycles. The lowest BCUT2D eigenvalue weighted by atomic mass is 9.95. The molecule has 0 unspecified atom stereocenters. The number of fused-ring (bicyclic) bond motifs is 2. The van der Waals surface area contributed by atoms with Crippen LogP contribution in [0.2, 0.25) is 0 Å². The Balaban J connectivity index is 0.00000380. The minimum Gasteiger partial charge on any atom is -0.497 e. The lowest BCUT2D eigenvalue weighted by Gasteiger charge is -2.16. The number of hydrogen-bond donors (Lipinski definition) is 1. The highest BCUT2D eigenvalue weighted by Crippen LogP contribution is 2.35. The summed E-state index contributed by atoms with van der Waals surface area (Å²) in [7, 11) is 6.58. The zero-order chi connectivity index (χ0) is 25.7. The molecule has 4 rings (SSSR count). The molecule has 37 heavy (non-hydrogen) atoms. The Labute approximate surface area is 218 Å². The minimum absolute atomic E-state index is 0. The Bertz CT molecular complexity index is 1430. The van der Waals surface area contributed by atoms with Crippen LogP contribution >= 0.6 is 0 Å². The zero-order valence-corrected chi connectivity index (χ0v) is 21.7. The number of ether oxygens (including phenoxy) is 4. The Hall–Kier alpha value is -3.58. The van der Waals surface area contributed by atoms with Crippen molar-refractivity contribution in [3.8, 4) is 17.2 Å². The highest BCUT2D eigenvalue weighted by atomic mass is 16.5. The van der Waals surface area contributed by atoms with E-state index in [1.807, 2.05) is 30.3 Å². The molecule has 4 aromatic rings. The lowest BCUT2D eigenvalue weighted by molar-refractivity contribution is 0.195. The standard InChI is InChI=1S/C29H34N2O5.CH4/c1-6-8-26-22-17-28(36-5)27(35-4)16-21(22)23(29(32)31-26)15-19-13-18-14-20(34-3)10-11-25(18)30-24(19)9-7-12-33-2;/h10-11,13-14,16-17H,6-9,12,15H2,1-5H3,(H,31,32);1H4. The first-order valence-electron chi connectivity index (χ1n) is 12.3. The SMILES string of the molecule is C.CCCc1[nH]c(=O)c(Cc2cc3cc(OC)ccc3nc2CCCOC)c2cc(OC)c(OC)cc12. The summed E-state index contributed by atoms with van der Waals surface area (Å²) in [6.45, 7) is 2.74. The van der Waals surface area contributed by atoms with Gasteiger partial charge in [0.05, 0.1) is 26.8 Å². The third kappa shape index (κ3) is 5.88. The van der Waals surface area contributed by atoms with E-state index in [4.69, 9.17) is 23.9 Å². The highest BCUT2D eigenvalue weighted by Gasteiger charge is 2.18. The number of aryl methyl sites for hydroxylation is 2. The second-order valence-electron chi connectivity index (χ2n) is 8.84. The van der Waals surface area contributed by atoms with Gasteiger partial charge in [-0.15, -0.1) is 0 Å². The normalized spacial score (nSPS) is 10.9. The lowest BCUT2D eigenvalue weighted by Crippen LogP contribution is -2.17. The Kier molecular flexibility index (Phi) is 9.53. The molecule has 0 atom stereocenters. The number of nitrogens with one attached hydrogen (secondary N) is 1. The predicted octanol–water partition coefficient (Wildman–Crippen LogP) is 5.86. The van der Waals surface area contributed by atoms with Crippen molar-refractivity contribution in [3.05, 3.63) is 69.3 Å². The maximum absolute atomic E-state index is 13.4. The van der Waals surface area contributed by atoms with Crippen LogP contribution in [0.25, 0.3) is 21.7 Å². The molecule has 0 saturated heterocycles. The fourth-order valence-corrected chi connectivity index (χ4v) is 4.71. The van der Waals surface area contributed by atoms with Gasteiger partial charge in [0, 0.05) is 47.9 Å². The van der Waals surface area contributed by atoms with Gasteiger partial charge in [-0.3, -0.25) is 9.78 Å². The number of aromatic amines is 1. The van der Waals surface area contributed by atoms with Crippen LogP contribution in [0.4, 0.5) is 0 Å². The molecule has 0 amide bonds. The quantitative estimate of drug-likeness (QED) is 0.257. The molecule has 0 radical (unpaired) electrons. The number of pyridine rings is 2. The van der Waals surface area contributed by atoms with Crippen molar-refractivity contribution in [1.29, 1.82) is 0 Å². The molecule has 0 bridgehead atoms. The van der Waals surface area contributed by atoms with E-state index in [2.05, 4.69) is 18.0 Å². The van der Waals surface area contributed by atoms with Gasteiger partial charge in [0.25, 0.3) is 5.56 Å². The summed E-state index contributed by atoms with van der Waals surface area (Å²) in [5.74, 6) is 2.01. The van der Waals surface area contributed by atoms with Crippen molar-refractivity contribution in [2.45, 2.75) is 46.5 Å². The van der Waals surface area contributed by atoms with Crippen molar-refractivity contribution >= 4 is 21.7 Å². The van der Waals surface area contributed by atoms with Gasteiger partial charge >= 0.3 is 0 Å². The van der Waals surface area contributed by atoms with Gasteiger partial charge < -0.3 is 23.9 Å². The molecule has 1 N–H and O–H groups in total. The van der Waals surface area contributed by atoms with E-state index >= 15 is 0 Å². The number of methoxy groups -OCH3 is 4. The predicted molar refractivity (Wildman–Crippen MR) is 150 cm³/mol. The molecule has 0 aliphatic rings.